The molecule has 0 aliphatic heterocycles. The summed E-state index contributed by atoms with van der Waals surface area (Å²) >= 11 is 0. The minimum Gasteiger partial charge on any atom is -0.340 e. The average Bonchev–Trinajstić information content (AvgIpc) is 2.32. The van der Waals surface area contributed by atoms with Gasteiger partial charge in [-0.05, 0) is 36.2 Å². The monoisotopic (exact) mass is 230 g/mol. The summed E-state index contributed by atoms with van der Waals surface area (Å²) in [5, 5.41) is 3.06. The van der Waals surface area contributed by atoms with Crippen LogP contribution in [0, 0.1) is 5.95 Å². The maximum Gasteiger partial charge on any atom is 0.214 e. The van der Waals surface area contributed by atoms with E-state index >= 15 is 0 Å². The van der Waals surface area contributed by atoms with Crippen LogP contribution in [0.1, 0.15) is 18.9 Å². The number of pyridine rings is 1. The van der Waals surface area contributed by atoms with Gasteiger partial charge in [0.25, 0.3) is 0 Å². The summed E-state index contributed by atoms with van der Waals surface area (Å²) in [6.07, 6.45) is 2.22. The average molecular weight is 230 g/mol. The highest BCUT2D eigenvalue weighted by molar-refractivity contribution is 5.56. The molecule has 1 aromatic carbocycles. The maximum atomic E-state index is 12.9. The van der Waals surface area contributed by atoms with Gasteiger partial charge in [-0.3, -0.25) is 0 Å². The van der Waals surface area contributed by atoms with Crippen molar-refractivity contribution in [1.82, 2.24) is 4.98 Å². The number of hydrogen-bond acceptors (Lipinski definition) is 2. The molecular weight excluding hydrogens is 215 g/mol. The Bertz CT molecular complexity index is 480. The van der Waals surface area contributed by atoms with Crippen LogP contribution >= 0.6 is 0 Å². The Morgan fingerprint density at radius 3 is 2.53 bits per heavy atom. The smallest absolute Gasteiger partial charge is 0.214 e. The Morgan fingerprint density at radius 1 is 1.12 bits per heavy atom. The molecule has 0 radical (unpaired) electrons. The zero-order valence-electron chi connectivity index (χ0n) is 9.78. The standard InChI is InChI=1S/C14H15FN2/c1-2-4-11-7-9-12(10-8-11)16-14-6-3-5-13(15)17-14/h3,5-10H,2,4H2,1H3,(H,16,17). The summed E-state index contributed by atoms with van der Waals surface area (Å²) in [5.41, 5.74) is 2.23. The molecule has 0 fully saturated rings. The molecule has 2 rings (SSSR count). The first-order valence-corrected chi connectivity index (χ1v) is 5.76. The molecule has 0 spiro atoms. The van der Waals surface area contributed by atoms with Crippen LogP contribution in [0.5, 0.6) is 0 Å². The zero-order valence-corrected chi connectivity index (χ0v) is 9.78. The number of benzene rings is 1. The second-order valence-electron chi connectivity index (χ2n) is 3.92. The Balaban J connectivity index is 2.08. The first-order valence-electron chi connectivity index (χ1n) is 5.76. The van der Waals surface area contributed by atoms with Crippen molar-refractivity contribution >= 4 is 11.5 Å². The van der Waals surface area contributed by atoms with Crippen molar-refractivity contribution in [3.8, 4) is 0 Å². The van der Waals surface area contributed by atoms with Gasteiger partial charge in [-0.2, -0.15) is 4.39 Å². The number of hydrogen-bond donors (Lipinski definition) is 1. The van der Waals surface area contributed by atoms with E-state index in [4.69, 9.17) is 0 Å². The summed E-state index contributed by atoms with van der Waals surface area (Å²) < 4.78 is 12.9. The minimum atomic E-state index is -0.474. The maximum absolute atomic E-state index is 12.9. The van der Waals surface area contributed by atoms with Crippen molar-refractivity contribution < 1.29 is 4.39 Å². The summed E-state index contributed by atoms with van der Waals surface area (Å²) in [4.78, 5) is 3.75. The number of rotatable bonds is 4. The van der Waals surface area contributed by atoms with E-state index in [1.165, 1.54) is 11.6 Å². The molecule has 3 heteroatoms. The van der Waals surface area contributed by atoms with Crippen LogP contribution in [0.3, 0.4) is 0 Å². The van der Waals surface area contributed by atoms with Gasteiger partial charge in [0.05, 0.1) is 0 Å². The summed E-state index contributed by atoms with van der Waals surface area (Å²) in [6, 6.07) is 12.8. The third kappa shape index (κ3) is 3.28. The molecule has 1 N–H and O–H groups in total. The lowest BCUT2D eigenvalue weighted by atomic mass is 10.1. The van der Waals surface area contributed by atoms with E-state index in [2.05, 4.69) is 29.4 Å². The second-order valence-corrected chi connectivity index (χ2v) is 3.92. The quantitative estimate of drug-likeness (QED) is 0.805. The van der Waals surface area contributed by atoms with E-state index in [0.717, 1.165) is 18.5 Å². The molecule has 2 nitrogen and oxygen atoms in total. The molecule has 88 valence electrons. The van der Waals surface area contributed by atoms with E-state index in [1.807, 2.05) is 12.1 Å². The first-order chi connectivity index (χ1) is 8.28. The highest BCUT2D eigenvalue weighted by atomic mass is 19.1. The van der Waals surface area contributed by atoms with Gasteiger partial charge in [0.1, 0.15) is 5.82 Å². The minimum absolute atomic E-state index is 0.474. The highest BCUT2D eigenvalue weighted by Crippen LogP contribution is 2.16. The normalized spacial score (nSPS) is 10.2. The third-order valence-electron chi connectivity index (χ3n) is 2.48. The highest BCUT2D eigenvalue weighted by Gasteiger charge is 1.98. The fourth-order valence-corrected chi connectivity index (χ4v) is 1.67. The van der Waals surface area contributed by atoms with Crippen molar-refractivity contribution in [2.24, 2.45) is 0 Å². The molecule has 0 unspecified atom stereocenters. The molecule has 0 aliphatic rings. The van der Waals surface area contributed by atoms with Crippen LogP contribution in [0.15, 0.2) is 42.5 Å². The van der Waals surface area contributed by atoms with Gasteiger partial charge in [-0.1, -0.05) is 31.5 Å². The molecule has 0 amide bonds. The Labute approximate surface area is 101 Å². The molecular formula is C14H15FN2. The number of nitrogens with one attached hydrogen (secondary N) is 1. The van der Waals surface area contributed by atoms with Gasteiger partial charge in [0, 0.05) is 5.69 Å². The van der Waals surface area contributed by atoms with Gasteiger partial charge in [0.15, 0.2) is 0 Å². The van der Waals surface area contributed by atoms with Crippen molar-refractivity contribution in [3.63, 3.8) is 0 Å². The topological polar surface area (TPSA) is 24.9 Å². The number of aromatic nitrogens is 1. The summed E-state index contributed by atoms with van der Waals surface area (Å²) in [6.45, 7) is 2.16. The van der Waals surface area contributed by atoms with E-state index in [0.29, 0.717) is 5.82 Å². The molecule has 0 atom stereocenters. The number of anilines is 2. The van der Waals surface area contributed by atoms with Gasteiger partial charge in [-0.15, -0.1) is 0 Å². The van der Waals surface area contributed by atoms with Crippen molar-refractivity contribution in [2.45, 2.75) is 19.8 Å². The molecule has 2 aromatic rings. The van der Waals surface area contributed by atoms with Crippen molar-refractivity contribution in [3.05, 3.63) is 54.0 Å². The molecule has 0 bridgehead atoms. The molecule has 17 heavy (non-hydrogen) atoms. The van der Waals surface area contributed by atoms with Gasteiger partial charge < -0.3 is 5.32 Å². The Morgan fingerprint density at radius 2 is 1.88 bits per heavy atom. The molecule has 0 aliphatic carbocycles. The van der Waals surface area contributed by atoms with E-state index in [1.54, 1.807) is 12.1 Å². The van der Waals surface area contributed by atoms with Crippen LogP contribution in [-0.4, -0.2) is 4.98 Å². The molecule has 0 saturated heterocycles. The number of nitrogens with zero attached hydrogens (tertiary/aromatic N) is 1. The lowest BCUT2D eigenvalue weighted by molar-refractivity contribution is 0.585. The number of aryl methyl sites for hydroxylation is 1. The van der Waals surface area contributed by atoms with Crippen LogP contribution in [-0.2, 0) is 6.42 Å². The zero-order chi connectivity index (χ0) is 12.1. The van der Waals surface area contributed by atoms with Crippen LogP contribution < -0.4 is 5.32 Å². The van der Waals surface area contributed by atoms with Crippen molar-refractivity contribution in [2.75, 3.05) is 5.32 Å². The van der Waals surface area contributed by atoms with Crippen LogP contribution in [0.4, 0.5) is 15.9 Å². The summed E-state index contributed by atoms with van der Waals surface area (Å²) in [7, 11) is 0. The van der Waals surface area contributed by atoms with Gasteiger partial charge in [0.2, 0.25) is 5.95 Å². The fraction of sp³-hybridized carbons (Fsp3) is 0.214. The predicted molar refractivity (Wildman–Crippen MR) is 67.9 cm³/mol. The van der Waals surface area contributed by atoms with Gasteiger partial charge >= 0.3 is 0 Å². The SMILES string of the molecule is CCCc1ccc(Nc2cccc(F)n2)cc1. The Hall–Kier alpha value is -1.90. The molecule has 0 saturated carbocycles. The fourth-order valence-electron chi connectivity index (χ4n) is 1.67. The lowest BCUT2D eigenvalue weighted by Gasteiger charge is -2.06. The van der Waals surface area contributed by atoms with E-state index < -0.39 is 5.95 Å². The van der Waals surface area contributed by atoms with Gasteiger partial charge in [-0.25, -0.2) is 4.98 Å². The Kier molecular flexibility index (Phi) is 3.70. The van der Waals surface area contributed by atoms with Crippen molar-refractivity contribution in [1.29, 1.82) is 0 Å². The number of halogens is 1. The van der Waals surface area contributed by atoms with Crippen LogP contribution in [0.2, 0.25) is 0 Å². The first kappa shape index (κ1) is 11.6. The van der Waals surface area contributed by atoms with Crippen LogP contribution in [0.25, 0.3) is 0 Å². The third-order valence-corrected chi connectivity index (χ3v) is 2.48. The largest absolute Gasteiger partial charge is 0.340 e. The second kappa shape index (κ2) is 5.43. The predicted octanol–water partition coefficient (Wildman–Crippen LogP) is 3.92. The molecule has 1 aromatic heterocycles. The lowest BCUT2D eigenvalue weighted by Crippen LogP contribution is -1.95. The summed E-state index contributed by atoms with van der Waals surface area (Å²) in [5.74, 6) is 0.0471. The van der Waals surface area contributed by atoms with E-state index in [9.17, 15) is 4.39 Å². The van der Waals surface area contributed by atoms with E-state index in [-0.39, 0.29) is 0 Å². The molecule has 1 heterocycles.